The topological polar surface area (TPSA) is 51.1 Å². The van der Waals surface area contributed by atoms with Crippen LogP contribution in [0.2, 0.25) is 0 Å². The maximum atomic E-state index is 14.5. The van der Waals surface area contributed by atoms with Crippen molar-refractivity contribution in [3.63, 3.8) is 0 Å². The van der Waals surface area contributed by atoms with Crippen LogP contribution in [0.1, 0.15) is 38.0 Å². The number of nitrogens with one attached hydrogen (secondary N) is 1. The van der Waals surface area contributed by atoms with Crippen molar-refractivity contribution in [1.29, 1.82) is 0 Å². The second-order valence-corrected chi connectivity index (χ2v) is 7.81. The number of benzene rings is 2. The van der Waals surface area contributed by atoms with Crippen LogP contribution < -0.4 is 5.32 Å². The second kappa shape index (κ2) is 6.80. The average Bonchev–Trinajstić information content (AvgIpc) is 2.88. The molecule has 4 nitrogen and oxygen atoms in total. The van der Waals surface area contributed by atoms with Crippen molar-refractivity contribution in [3.05, 3.63) is 70.9 Å². The number of carbonyl (C=O) groups excluding carboxylic acids is 2. The van der Waals surface area contributed by atoms with Gasteiger partial charge in [-0.1, -0.05) is 42.5 Å². The summed E-state index contributed by atoms with van der Waals surface area (Å²) in [5.41, 5.74) is 2.03. The van der Waals surface area contributed by atoms with E-state index in [1.807, 2.05) is 0 Å². The second-order valence-electron chi connectivity index (χ2n) is 7.81. The summed E-state index contributed by atoms with van der Waals surface area (Å²) in [6, 6.07) is 10.6. The lowest BCUT2D eigenvalue weighted by Crippen LogP contribution is -2.45. The van der Waals surface area contributed by atoms with Crippen molar-refractivity contribution in [2.45, 2.75) is 25.1 Å². The van der Waals surface area contributed by atoms with Crippen molar-refractivity contribution >= 4 is 22.5 Å². The fraction of sp³-hybridized carbons (Fsp3) is 0.304. The Morgan fingerprint density at radius 1 is 1.00 bits per heavy atom. The van der Waals surface area contributed by atoms with Crippen LogP contribution in [0.3, 0.4) is 0 Å². The molecule has 2 aromatic carbocycles. The SMILES string of the molecule is O=C(c1ccccc1)C1C(=O)c2cccc3c4c(n(c23)C1C(F)(F)F)CCNCC4. The first kappa shape index (κ1) is 19.1. The monoisotopic (exact) mass is 412 g/mol. The Bertz CT molecular complexity index is 1160. The smallest absolute Gasteiger partial charge is 0.330 e. The standard InChI is InChI=1S/C23H19F3N2O2/c24-23(25,26)22-18(20(29)13-5-2-1-3-6-13)21(30)16-8-4-7-15-14-9-11-27-12-10-17(14)28(22)19(15)16/h1-8,18,22,27H,9-12H2. The van der Waals surface area contributed by atoms with E-state index in [9.17, 15) is 22.8 Å². The van der Waals surface area contributed by atoms with Gasteiger partial charge in [0, 0.05) is 35.2 Å². The minimum atomic E-state index is -4.75. The Morgan fingerprint density at radius 3 is 2.47 bits per heavy atom. The molecule has 1 aromatic heterocycles. The maximum absolute atomic E-state index is 14.5. The number of ketones is 2. The summed E-state index contributed by atoms with van der Waals surface area (Å²) >= 11 is 0. The normalized spacial score (nSPS) is 21.4. The van der Waals surface area contributed by atoms with Crippen molar-refractivity contribution in [2.24, 2.45) is 5.92 Å². The molecular weight excluding hydrogens is 393 g/mol. The molecule has 0 aliphatic carbocycles. The third-order valence-corrected chi connectivity index (χ3v) is 6.15. The largest absolute Gasteiger partial charge is 0.410 e. The molecule has 2 aliphatic rings. The van der Waals surface area contributed by atoms with E-state index in [1.165, 1.54) is 22.8 Å². The number of Topliss-reactive ketones (excluding diaryl/α,β-unsaturated/α-hetero) is 2. The molecule has 0 saturated carbocycles. The lowest BCUT2D eigenvalue weighted by atomic mass is 9.81. The average molecular weight is 412 g/mol. The third-order valence-electron chi connectivity index (χ3n) is 6.15. The quantitative estimate of drug-likeness (QED) is 0.509. The number of fused-ring (bicyclic) bond motifs is 3. The predicted molar refractivity (Wildman–Crippen MR) is 106 cm³/mol. The summed E-state index contributed by atoms with van der Waals surface area (Å²) in [5.74, 6) is -3.38. The van der Waals surface area contributed by atoms with Crippen LogP contribution in [0.5, 0.6) is 0 Å². The van der Waals surface area contributed by atoms with Gasteiger partial charge in [-0.3, -0.25) is 9.59 Å². The van der Waals surface area contributed by atoms with Gasteiger partial charge < -0.3 is 9.88 Å². The summed E-state index contributed by atoms with van der Waals surface area (Å²) in [7, 11) is 0. The Kier molecular flexibility index (Phi) is 4.32. The molecule has 154 valence electrons. The van der Waals surface area contributed by atoms with Crippen LogP contribution in [0.25, 0.3) is 10.9 Å². The van der Waals surface area contributed by atoms with Gasteiger partial charge in [0.05, 0.1) is 5.52 Å². The molecule has 2 atom stereocenters. The summed E-state index contributed by atoms with van der Waals surface area (Å²) in [6.07, 6.45) is -3.76. The lowest BCUT2D eigenvalue weighted by molar-refractivity contribution is -0.173. The molecule has 2 unspecified atom stereocenters. The zero-order valence-corrected chi connectivity index (χ0v) is 16.0. The van der Waals surface area contributed by atoms with Gasteiger partial charge in [-0.25, -0.2) is 0 Å². The highest BCUT2D eigenvalue weighted by atomic mass is 19.4. The molecule has 3 aromatic rings. The van der Waals surface area contributed by atoms with Gasteiger partial charge in [-0.05, 0) is 24.6 Å². The molecule has 0 amide bonds. The van der Waals surface area contributed by atoms with E-state index in [-0.39, 0.29) is 11.1 Å². The predicted octanol–water partition coefficient (Wildman–Crippen LogP) is 4.13. The molecule has 0 bridgehead atoms. The van der Waals surface area contributed by atoms with E-state index in [4.69, 9.17) is 0 Å². The van der Waals surface area contributed by atoms with E-state index in [2.05, 4.69) is 5.32 Å². The van der Waals surface area contributed by atoms with E-state index in [0.29, 0.717) is 42.5 Å². The highest BCUT2D eigenvalue weighted by Gasteiger charge is 2.55. The van der Waals surface area contributed by atoms with Crippen LogP contribution in [0, 0.1) is 5.92 Å². The molecule has 0 saturated heterocycles. The van der Waals surface area contributed by atoms with Crippen LogP contribution >= 0.6 is 0 Å². The van der Waals surface area contributed by atoms with Gasteiger partial charge in [-0.2, -0.15) is 13.2 Å². The first-order valence-corrected chi connectivity index (χ1v) is 9.95. The van der Waals surface area contributed by atoms with Gasteiger partial charge in [0.1, 0.15) is 12.0 Å². The van der Waals surface area contributed by atoms with Gasteiger partial charge in [0.15, 0.2) is 11.6 Å². The molecule has 1 N–H and O–H groups in total. The minimum absolute atomic E-state index is 0.112. The fourth-order valence-corrected chi connectivity index (χ4v) is 4.92. The number of carbonyl (C=O) groups is 2. The summed E-state index contributed by atoms with van der Waals surface area (Å²) < 4.78 is 44.7. The number of para-hydroxylation sites is 1. The third kappa shape index (κ3) is 2.72. The minimum Gasteiger partial charge on any atom is -0.330 e. The van der Waals surface area contributed by atoms with Crippen LogP contribution in [0.4, 0.5) is 13.2 Å². The zero-order chi connectivity index (χ0) is 21.0. The lowest BCUT2D eigenvalue weighted by Gasteiger charge is -2.34. The van der Waals surface area contributed by atoms with Crippen molar-refractivity contribution in [3.8, 4) is 0 Å². The number of aromatic nitrogens is 1. The number of halogens is 3. The molecule has 0 fully saturated rings. The summed E-state index contributed by atoms with van der Waals surface area (Å²) in [4.78, 5) is 26.5. The van der Waals surface area contributed by atoms with Gasteiger partial charge in [0.25, 0.3) is 0 Å². The van der Waals surface area contributed by atoms with Gasteiger partial charge in [0.2, 0.25) is 0 Å². The summed E-state index contributed by atoms with van der Waals surface area (Å²) in [6.45, 7) is 1.21. The number of alkyl halides is 3. The maximum Gasteiger partial charge on any atom is 0.410 e. The van der Waals surface area contributed by atoms with E-state index < -0.39 is 29.7 Å². The molecular formula is C23H19F3N2O2. The first-order chi connectivity index (χ1) is 14.4. The molecule has 2 aliphatic heterocycles. The van der Waals surface area contributed by atoms with Crippen molar-refractivity contribution in [2.75, 3.05) is 13.1 Å². The molecule has 3 heterocycles. The first-order valence-electron chi connectivity index (χ1n) is 9.95. The Labute approximate surface area is 170 Å². The summed E-state index contributed by atoms with van der Waals surface area (Å²) in [5, 5.41) is 3.90. The van der Waals surface area contributed by atoms with Crippen molar-refractivity contribution < 1.29 is 22.8 Å². The van der Waals surface area contributed by atoms with Crippen LogP contribution in [0.15, 0.2) is 48.5 Å². The van der Waals surface area contributed by atoms with Gasteiger partial charge >= 0.3 is 6.18 Å². The zero-order valence-electron chi connectivity index (χ0n) is 16.0. The molecule has 5 rings (SSSR count). The molecule has 0 radical (unpaired) electrons. The highest BCUT2D eigenvalue weighted by molar-refractivity contribution is 6.21. The Balaban J connectivity index is 1.81. The van der Waals surface area contributed by atoms with Crippen LogP contribution in [-0.4, -0.2) is 35.4 Å². The number of rotatable bonds is 2. The van der Waals surface area contributed by atoms with Gasteiger partial charge in [-0.15, -0.1) is 0 Å². The Morgan fingerprint density at radius 2 is 1.73 bits per heavy atom. The fourth-order valence-electron chi connectivity index (χ4n) is 4.92. The van der Waals surface area contributed by atoms with E-state index in [1.54, 1.807) is 30.3 Å². The van der Waals surface area contributed by atoms with E-state index in [0.717, 1.165) is 5.56 Å². The molecule has 0 spiro atoms. The molecule has 30 heavy (non-hydrogen) atoms. The number of hydrogen-bond acceptors (Lipinski definition) is 3. The van der Waals surface area contributed by atoms with Crippen LogP contribution in [-0.2, 0) is 12.8 Å². The number of nitrogens with zero attached hydrogens (tertiary/aromatic N) is 1. The van der Waals surface area contributed by atoms with E-state index >= 15 is 0 Å². The van der Waals surface area contributed by atoms with Crippen molar-refractivity contribution in [1.82, 2.24) is 9.88 Å². The Hall–Kier alpha value is -2.93. The highest BCUT2D eigenvalue weighted by Crippen LogP contribution is 2.48. The number of hydrogen-bond donors (Lipinski definition) is 1. The molecule has 7 heteroatoms.